The molecule has 0 amide bonds. The molecule has 0 saturated heterocycles. The quantitative estimate of drug-likeness (QED) is 0.777. The molecule has 0 aromatic heterocycles. The highest BCUT2D eigenvalue weighted by atomic mass is 16.6. The molecule has 0 N–H and O–H groups in total. The Labute approximate surface area is 136 Å². The zero-order chi connectivity index (χ0) is 15.9. The van der Waals surface area contributed by atoms with E-state index in [-0.39, 0.29) is 5.97 Å². The molecule has 23 heavy (non-hydrogen) atoms. The standard InChI is InChI=1S/C20H19NO2/c1-14-4-6-15(7-5-14)16-8-10-17(11-9-16)18-21-20(19(22)23-18)12-2-3-13-20/h4-11H,2-3,12-13H2,1H3. The van der Waals surface area contributed by atoms with Gasteiger partial charge in [-0.05, 0) is 43.0 Å². The number of esters is 1. The number of ether oxygens (including phenoxy) is 1. The van der Waals surface area contributed by atoms with Gasteiger partial charge in [-0.2, -0.15) is 0 Å². The minimum absolute atomic E-state index is 0.174. The summed E-state index contributed by atoms with van der Waals surface area (Å²) in [5.74, 6) is 0.306. The van der Waals surface area contributed by atoms with Gasteiger partial charge in [-0.15, -0.1) is 0 Å². The third-order valence-corrected chi connectivity index (χ3v) is 4.83. The predicted octanol–water partition coefficient (Wildman–Crippen LogP) is 4.28. The van der Waals surface area contributed by atoms with E-state index in [4.69, 9.17) is 4.74 Å². The fourth-order valence-corrected chi connectivity index (χ4v) is 3.40. The molecule has 0 bridgehead atoms. The summed E-state index contributed by atoms with van der Waals surface area (Å²) in [6.07, 6.45) is 3.74. The van der Waals surface area contributed by atoms with Crippen LogP contribution in [0.3, 0.4) is 0 Å². The van der Waals surface area contributed by atoms with Crippen LogP contribution >= 0.6 is 0 Å². The maximum Gasteiger partial charge on any atom is 0.340 e. The van der Waals surface area contributed by atoms with Gasteiger partial charge in [0.05, 0.1) is 0 Å². The molecule has 0 atom stereocenters. The third-order valence-electron chi connectivity index (χ3n) is 4.83. The Morgan fingerprint density at radius 2 is 1.39 bits per heavy atom. The van der Waals surface area contributed by atoms with Gasteiger partial charge in [-0.3, -0.25) is 0 Å². The summed E-state index contributed by atoms with van der Waals surface area (Å²) in [6.45, 7) is 2.08. The monoisotopic (exact) mass is 305 g/mol. The summed E-state index contributed by atoms with van der Waals surface area (Å²) in [5, 5.41) is 0. The lowest BCUT2D eigenvalue weighted by molar-refractivity contribution is -0.138. The van der Waals surface area contributed by atoms with Crippen molar-refractivity contribution in [3.8, 4) is 11.1 Å². The summed E-state index contributed by atoms with van der Waals surface area (Å²) in [5.41, 5.74) is 3.86. The summed E-state index contributed by atoms with van der Waals surface area (Å²) in [4.78, 5) is 16.8. The second-order valence-electron chi connectivity index (χ2n) is 6.49. The number of hydrogen-bond donors (Lipinski definition) is 0. The minimum Gasteiger partial charge on any atom is -0.405 e. The maximum absolute atomic E-state index is 12.2. The number of benzene rings is 2. The molecule has 1 aliphatic heterocycles. The van der Waals surface area contributed by atoms with E-state index in [0.717, 1.165) is 36.8 Å². The van der Waals surface area contributed by atoms with E-state index < -0.39 is 5.54 Å². The van der Waals surface area contributed by atoms with Crippen LogP contribution in [0.15, 0.2) is 53.5 Å². The highest BCUT2D eigenvalue weighted by molar-refractivity contribution is 6.08. The zero-order valence-electron chi connectivity index (χ0n) is 13.2. The molecular weight excluding hydrogens is 286 g/mol. The van der Waals surface area contributed by atoms with E-state index in [0.29, 0.717) is 5.90 Å². The molecule has 2 aromatic rings. The van der Waals surface area contributed by atoms with Crippen LogP contribution in [0.5, 0.6) is 0 Å². The molecule has 0 unspecified atom stereocenters. The number of aliphatic imine (C=N–C) groups is 1. The number of nitrogens with zero attached hydrogens (tertiary/aromatic N) is 1. The van der Waals surface area contributed by atoms with E-state index in [1.54, 1.807) is 0 Å². The first kappa shape index (κ1) is 14.2. The summed E-state index contributed by atoms with van der Waals surface area (Å²) in [6, 6.07) is 16.5. The van der Waals surface area contributed by atoms with Crippen molar-refractivity contribution < 1.29 is 9.53 Å². The van der Waals surface area contributed by atoms with E-state index in [1.165, 1.54) is 11.1 Å². The number of aryl methyl sites for hydroxylation is 1. The summed E-state index contributed by atoms with van der Waals surface area (Å²) in [7, 11) is 0. The average Bonchev–Trinajstić information content (AvgIpc) is 3.17. The molecule has 1 fully saturated rings. The first-order valence-electron chi connectivity index (χ1n) is 8.16. The summed E-state index contributed by atoms with van der Waals surface area (Å²) < 4.78 is 5.46. The van der Waals surface area contributed by atoms with Crippen LogP contribution < -0.4 is 0 Å². The molecule has 3 nitrogen and oxygen atoms in total. The molecule has 2 aliphatic rings. The summed E-state index contributed by atoms with van der Waals surface area (Å²) >= 11 is 0. The van der Waals surface area contributed by atoms with Crippen LogP contribution in [-0.2, 0) is 9.53 Å². The van der Waals surface area contributed by atoms with Crippen molar-refractivity contribution in [3.63, 3.8) is 0 Å². The lowest BCUT2D eigenvalue weighted by Gasteiger charge is -2.12. The highest BCUT2D eigenvalue weighted by Crippen LogP contribution is 2.38. The lowest BCUT2D eigenvalue weighted by atomic mass is 10.00. The van der Waals surface area contributed by atoms with Crippen molar-refractivity contribution in [1.82, 2.24) is 0 Å². The minimum atomic E-state index is -0.592. The van der Waals surface area contributed by atoms with Crippen molar-refractivity contribution in [2.45, 2.75) is 38.1 Å². The van der Waals surface area contributed by atoms with Gasteiger partial charge in [0.15, 0.2) is 5.54 Å². The number of carbonyl (C=O) groups is 1. The molecule has 1 heterocycles. The van der Waals surface area contributed by atoms with Crippen molar-refractivity contribution in [2.24, 2.45) is 4.99 Å². The molecule has 116 valence electrons. The molecule has 1 spiro atoms. The van der Waals surface area contributed by atoms with E-state index in [9.17, 15) is 4.79 Å². The Bertz CT molecular complexity index is 766. The van der Waals surface area contributed by atoms with Crippen molar-refractivity contribution in [3.05, 3.63) is 59.7 Å². The number of rotatable bonds is 2. The van der Waals surface area contributed by atoms with Crippen LogP contribution in [0.2, 0.25) is 0 Å². The van der Waals surface area contributed by atoms with Gasteiger partial charge >= 0.3 is 5.97 Å². The van der Waals surface area contributed by atoms with E-state index >= 15 is 0 Å². The Hall–Kier alpha value is -2.42. The molecular formula is C20H19NO2. The van der Waals surface area contributed by atoms with Gasteiger partial charge in [-0.1, -0.05) is 54.8 Å². The normalized spacial score (nSPS) is 19.0. The number of hydrogen-bond acceptors (Lipinski definition) is 3. The largest absolute Gasteiger partial charge is 0.405 e. The number of cyclic esters (lactones) is 1. The zero-order valence-corrected chi connectivity index (χ0v) is 13.2. The van der Waals surface area contributed by atoms with Crippen LogP contribution in [0.25, 0.3) is 11.1 Å². The Balaban J connectivity index is 1.61. The second-order valence-corrected chi connectivity index (χ2v) is 6.49. The van der Waals surface area contributed by atoms with E-state index in [1.807, 2.05) is 12.1 Å². The van der Waals surface area contributed by atoms with Crippen LogP contribution in [-0.4, -0.2) is 17.4 Å². The highest BCUT2D eigenvalue weighted by Gasteiger charge is 2.47. The van der Waals surface area contributed by atoms with Crippen LogP contribution in [0.4, 0.5) is 0 Å². The van der Waals surface area contributed by atoms with Gasteiger partial charge in [0.25, 0.3) is 0 Å². The SMILES string of the molecule is Cc1ccc(-c2ccc(C3=NC4(CCCC4)C(=O)O3)cc2)cc1. The Morgan fingerprint density at radius 1 is 0.870 bits per heavy atom. The van der Waals surface area contributed by atoms with Crippen LogP contribution in [0, 0.1) is 6.92 Å². The first-order valence-corrected chi connectivity index (χ1v) is 8.16. The van der Waals surface area contributed by atoms with E-state index in [2.05, 4.69) is 48.3 Å². The first-order chi connectivity index (χ1) is 11.2. The maximum atomic E-state index is 12.2. The van der Waals surface area contributed by atoms with Gasteiger partial charge in [0, 0.05) is 5.56 Å². The van der Waals surface area contributed by atoms with Crippen molar-refractivity contribution >= 4 is 11.9 Å². The second kappa shape index (κ2) is 5.34. The smallest absolute Gasteiger partial charge is 0.340 e. The van der Waals surface area contributed by atoms with Crippen LogP contribution in [0.1, 0.15) is 36.8 Å². The predicted molar refractivity (Wildman–Crippen MR) is 90.4 cm³/mol. The fourth-order valence-electron chi connectivity index (χ4n) is 3.40. The molecule has 1 saturated carbocycles. The average molecular weight is 305 g/mol. The third kappa shape index (κ3) is 2.46. The van der Waals surface area contributed by atoms with Gasteiger partial charge in [-0.25, -0.2) is 9.79 Å². The van der Waals surface area contributed by atoms with Gasteiger partial charge < -0.3 is 4.74 Å². The number of carbonyl (C=O) groups excluding carboxylic acids is 1. The Kier molecular flexibility index (Phi) is 3.29. The van der Waals surface area contributed by atoms with Gasteiger partial charge in [0.2, 0.25) is 5.90 Å². The molecule has 4 rings (SSSR count). The fraction of sp³-hybridized carbons (Fsp3) is 0.300. The molecule has 2 aromatic carbocycles. The topological polar surface area (TPSA) is 38.7 Å². The van der Waals surface area contributed by atoms with Crippen molar-refractivity contribution in [2.75, 3.05) is 0 Å². The Morgan fingerprint density at radius 3 is 2.00 bits per heavy atom. The molecule has 0 radical (unpaired) electrons. The van der Waals surface area contributed by atoms with Crippen molar-refractivity contribution in [1.29, 1.82) is 0 Å². The molecule has 3 heteroatoms. The lowest BCUT2D eigenvalue weighted by Crippen LogP contribution is -2.29. The molecule has 1 aliphatic carbocycles. The van der Waals surface area contributed by atoms with Gasteiger partial charge in [0.1, 0.15) is 0 Å².